The Bertz CT molecular complexity index is 369. The highest BCUT2D eigenvalue weighted by Crippen LogP contribution is 2.33. The van der Waals surface area contributed by atoms with Crippen LogP contribution in [0.15, 0.2) is 5.16 Å². The lowest BCUT2D eigenvalue weighted by atomic mass is 10.4. The summed E-state index contributed by atoms with van der Waals surface area (Å²) in [6, 6.07) is 0. The molecule has 0 radical (unpaired) electrons. The third-order valence-electron chi connectivity index (χ3n) is 1.36. The van der Waals surface area contributed by atoms with E-state index >= 15 is 0 Å². The van der Waals surface area contributed by atoms with Gasteiger partial charge in [-0.15, -0.1) is 0 Å². The normalized spacial score (nSPS) is 11.8. The van der Waals surface area contributed by atoms with Crippen molar-refractivity contribution in [1.82, 2.24) is 9.97 Å². The van der Waals surface area contributed by atoms with Gasteiger partial charge in [0.15, 0.2) is 10.9 Å². The summed E-state index contributed by atoms with van der Waals surface area (Å²) in [4.78, 5) is 6.16. The van der Waals surface area contributed by atoms with E-state index in [-0.39, 0.29) is 5.16 Å². The Morgan fingerprint density at radius 3 is 2.40 bits per heavy atom. The Balaban J connectivity index is 3.25. The van der Waals surface area contributed by atoms with Crippen molar-refractivity contribution in [3.8, 4) is 5.88 Å². The standard InChI is InChI=1S/C7H6F4N2OS/c1-2-15-6-12-4(7(9,10)11)3(8)5(14)13-6/h2H2,1H3,(H,12,13,14). The van der Waals surface area contributed by atoms with Crippen molar-refractivity contribution in [2.24, 2.45) is 0 Å². The number of alkyl halides is 3. The summed E-state index contributed by atoms with van der Waals surface area (Å²) in [6.07, 6.45) is -4.94. The molecule has 1 aromatic heterocycles. The average molecular weight is 242 g/mol. The van der Waals surface area contributed by atoms with Crippen LogP contribution >= 0.6 is 11.8 Å². The molecule has 84 valence electrons. The number of thioether (sulfide) groups is 1. The summed E-state index contributed by atoms with van der Waals surface area (Å²) in [6.45, 7) is 1.67. The Kier molecular flexibility index (Phi) is 3.38. The highest BCUT2D eigenvalue weighted by Gasteiger charge is 2.38. The van der Waals surface area contributed by atoms with E-state index in [1.165, 1.54) is 0 Å². The number of nitrogens with zero attached hydrogens (tertiary/aromatic N) is 2. The fourth-order valence-electron chi connectivity index (χ4n) is 0.797. The number of halogens is 4. The van der Waals surface area contributed by atoms with Crippen molar-refractivity contribution < 1.29 is 22.7 Å². The van der Waals surface area contributed by atoms with E-state index in [0.717, 1.165) is 11.8 Å². The Morgan fingerprint density at radius 1 is 1.33 bits per heavy atom. The van der Waals surface area contributed by atoms with Gasteiger partial charge < -0.3 is 5.11 Å². The van der Waals surface area contributed by atoms with Crippen LogP contribution < -0.4 is 0 Å². The van der Waals surface area contributed by atoms with Crippen LogP contribution in [0.2, 0.25) is 0 Å². The van der Waals surface area contributed by atoms with Gasteiger partial charge >= 0.3 is 6.18 Å². The predicted octanol–water partition coefficient (Wildman–Crippen LogP) is 2.45. The smallest absolute Gasteiger partial charge is 0.436 e. The Hall–Kier alpha value is -1.05. The Labute approximate surface area is 86.5 Å². The molecule has 1 aromatic rings. The van der Waals surface area contributed by atoms with Gasteiger partial charge in [-0.05, 0) is 5.75 Å². The van der Waals surface area contributed by atoms with Gasteiger partial charge in [-0.3, -0.25) is 0 Å². The topological polar surface area (TPSA) is 46.0 Å². The first kappa shape index (κ1) is 12.0. The van der Waals surface area contributed by atoms with Gasteiger partial charge in [0, 0.05) is 0 Å². The molecule has 0 saturated carbocycles. The number of aromatic hydroxyl groups is 1. The second-order valence-corrected chi connectivity index (χ2v) is 3.65. The van der Waals surface area contributed by atoms with E-state index in [0.29, 0.717) is 5.75 Å². The van der Waals surface area contributed by atoms with Gasteiger partial charge in [0.25, 0.3) is 5.88 Å². The molecular formula is C7H6F4N2OS. The van der Waals surface area contributed by atoms with Crippen molar-refractivity contribution in [3.05, 3.63) is 11.5 Å². The van der Waals surface area contributed by atoms with Crippen LogP contribution in [0.4, 0.5) is 17.6 Å². The van der Waals surface area contributed by atoms with Crippen LogP contribution in [-0.4, -0.2) is 20.8 Å². The molecule has 0 spiro atoms. The lowest BCUT2D eigenvalue weighted by Gasteiger charge is -2.08. The first-order valence-corrected chi connectivity index (χ1v) is 4.81. The maximum atomic E-state index is 12.8. The van der Waals surface area contributed by atoms with E-state index in [2.05, 4.69) is 9.97 Å². The summed E-state index contributed by atoms with van der Waals surface area (Å²) < 4.78 is 49.4. The summed E-state index contributed by atoms with van der Waals surface area (Å²) in [5, 5.41) is 8.53. The van der Waals surface area contributed by atoms with E-state index in [1.54, 1.807) is 6.92 Å². The van der Waals surface area contributed by atoms with Crippen LogP contribution in [0.1, 0.15) is 12.6 Å². The van der Waals surface area contributed by atoms with E-state index in [4.69, 9.17) is 5.11 Å². The fourth-order valence-corrected chi connectivity index (χ4v) is 1.36. The van der Waals surface area contributed by atoms with Gasteiger partial charge in [-0.1, -0.05) is 18.7 Å². The third-order valence-corrected chi connectivity index (χ3v) is 2.08. The van der Waals surface area contributed by atoms with Crippen LogP contribution in [0.3, 0.4) is 0 Å². The van der Waals surface area contributed by atoms with Gasteiger partial charge in [-0.2, -0.15) is 22.5 Å². The van der Waals surface area contributed by atoms with Crippen LogP contribution in [0.25, 0.3) is 0 Å². The summed E-state index contributed by atoms with van der Waals surface area (Å²) >= 11 is 0.880. The molecule has 0 unspecified atom stereocenters. The van der Waals surface area contributed by atoms with Crippen molar-refractivity contribution in [3.63, 3.8) is 0 Å². The number of hydrogen-bond donors (Lipinski definition) is 1. The molecule has 0 aliphatic rings. The SMILES string of the molecule is CCSc1nc(O)c(F)c(C(F)(F)F)n1. The summed E-state index contributed by atoms with van der Waals surface area (Å²) in [5.41, 5.74) is -1.74. The second kappa shape index (κ2) is 4.21. The number of hydrogen-bond acceptors (Lipinski definition) is 4. The van der Waals surface area contributed by atoms with Gasteiger partial charge in [0.2, 0.25) is 5.82 Å². The molecule has 0 aliphatic heterocycles. The molecule has 0 amide bonds. The zero-order chi connectivity index (χ0) is 11.6. The van der Waals surface area contributed by atoms with Crippen molar-refractivity contribution in [1.29, 1.82) is 0 Å². The number of rotatable bonds is 2. The Morgan fingerprint density at radius 2 is 1.93 bits per heavy atom. The quantitative estimate of drug-likeness (QED) is 0.491. The first-order valence-electron chi connectivity index (χ1n) is 3.82. The lowest BCUT2D eigenvalue weighted by molar-refractivity contribution is -0.144. The minimum atomic E-state index is -4.94. The molecule has 0 fully saturated rings. The maximum absolute atomic E-state index is 12.8. The molecule has 8 heteroatoms. The molecule has 3 nitrogen and oxygen atoms in total. The highest BCUT2D eigenvalue weighted by molar-refractivity contribution is 7.99. The molecule has 0 bridgehead atoms. The minimum Gasteiger partial charge on any atom is -0.491 e. The average Bonchev–Trinajstić information content (AvgIpc) is 2.09. The zero-order valence-corrected chi connectivity index (χ0v) is 8.29. The maximum Gasteiger partial charge on any atom is 0.436 e. The highest BCUT2D eigenvalue weighted by atomic mass is 32.2. The zero-order valence-electron chi connectivity index (χ0n) is 7.47. The molecular weight excluding hydrogens is 236 g/mol. The van der Waals surface area contributed by atoms with Crippen molar-refractivity contribution >= 4 is 11.8 Å². The molecule has 0 saturated heterocycles. The van der Waals surface area contributed by atoms with Gasteiger partial charge in [0.05, 0.1) is 0 Å². The minimum absolute atomic E-state index is 0.302. The lowest BCUT2D eigenvalue weighted by Crippen LogP contribution is -2.12. The van der Waals surface area contributed by atoms with E-state index in [1.807, 2.05) is 0 Å². The van der Waals surface area contributed by atoms with Crippen molar-refractivity contribution in [2.45, 2.75) is 18.3 Å². The molecule has 15 heavy (non-hydrogen) atoms. The molecule has 1 heterocycles. The monoisotopic (exact) mass is 242 g/mol. The molecule has 0 aromatic carbocycles. The fraction of sp³-hybridized carbons (Fsp3) is 0.429. The van der Waals surface area contributed by atoms with E-state index < -0.39 is 23.6 Å². The molecule has 1 N–H and O–H groups in total. The first-order chi connectivity index (χ1) is 6.86. The third kappa shape index (κ3) is 2.71. The molecule has 0 aliphatic carbocycles. The summed E-state index contributed by atoms with van der Waals surface area (Å²) in [7, 11) is 0. The summed E-state index contributed by atoms with van der Waals surface area (Å²) in [5.74, 6) is -2.71. The molecule has 0 atom stereocenters. The van der Waals surface area contributed by atoms with Crippen LogP contribution in [-0.2, 0) is 6.18 Å². The van der Waals surface area contributed by atoms with E-state index in [9.17, 15) is 17.6 Å². The number of aromatic nitrogens is 2. The van der Waals surface area contributed by atoms with Gasteiger partial charge in [-0.25, -0.2) is 4.98 Å². The van der Waals surface area contributed by atoms with Crippen LogP contribution in [0.5, 0.6) is 5.88 Å². The predicted molar refractivity (Wildman–Crippen MR) is 45.1 cm³/mol. The van der Waals surface area contributed by atoms with Gasteiger partial charge in [0.1, 0.15) is 0 Å². The van der Waals surface area contributed by atoms with Crippen molar-refractivity contribution in [2.75, 3.05) is 5.75 Å². The largest absolute Gasteiger partial charge is 0.491 e. The second-order valence-electron chi connectivity index (χ2n) is 2.42. The van der Waals surface area contributed by atoms with Crippen LogP contribution in [0, 0.1) is 5.82 Å². The molecule has 1 rings (SSSR count).